The summed E-state index contributed by atoms with van der Waals surface area (Å²) in [5.41, 5.74) is 0.371. The van der Waals surface area contributed by atoms with Gasteiger partial charge in [0.25, 0.3) is 0 Å². The van der Waals surface area contributed by atoms with Crippen molar-refractivity contribution in [3.8, 4) is 0 Å². The topological polar surface area (TPSA) is 109 Å². The van der Waals surface area contributed by atoms with Gasteiger partial charge in [0.2, 0.25) is 5.91 Å². The molecule has 8 heteroatoms. The molecular formula is C10H17N5O3. The van der Waals surface area contributed by atoms with E-state index in [2.05, 4.69) is 20.9 Å². The maximum atomic E-state index is 11.4. The van der Waals surface area contributed by atoms with Crippen LogP contribution in [0.2, 0.25) is 0 Å². The smallest absolute Gasteiger partial charge is 0.321 e. The van der Waals surface area contributed by atoms with Gasteiger partial charge >= 0.3 is 6.03 Å². The van der Waals surface area contributed by atoms with Crippen LogP contribution in [-0.2, 0) is 17.9 Å². The van der Waals surface area contributed by atoms with E-state index < -0.39 is 11.9 Å². The van der Waals surface area contributed by atoms with E-state index in [1.54, 1.807) is 0 Å². The highest BCUT2D eigenvalue weighted by Crippen LogP contribution is 1.91. The number of carbonyl (C=O) groups excluding carboxylic acids is 2. The number of aliphatic hydroxyl groups excluding tert-OH is 1. The summed E-state index contributed by atoms with van der Waals surface area (Å²) in [4.78, 5) is 22.7. The fraction of sp³-hybridized carbons (Fsp3) is 0.600. The number of aliphatic hydroxyl groups is 1. The zero-order valence-electron chi connectivity index (χ0n) is 10.2. The first-order chi connectivity index (χ1) is 8.65. The summed E-state index contributed by atoms with van der Waals surface area (Å²) in [7, 11) is 0. The Morgan fingerprint density at radius 3 is 2.89 bits per heavy atom. The lowest BCUT2D eigenvalue weighted by Gasteiger charge is -2.05. The second-order valence-corrected chi connectivity index (χ2v) is 3.72. The lowest BCUT2D eigenvalue weighted by Crippen LogP contribution is -2.41. The van der Waals surface area contributed by atoms with Crippen LogP contribution in [0.15, 0.2) is 6.20 Å². The first kappa shape index (κ1) is 14.1. The van der Waals surface area contributed by atoms with E-state index in [0.717, 1.165) is 12.8 Å². The number of rotatable bonds is 6. The van der Waals surface area contributed by atoms with Crippen LogP contribution < -0.4 is 10.6 Å². The van der Waals surface area contributed by atoms with Gasteiger partial charge in [0, 0.05) is 6.54 Å². The molecule has 0 aliphatic rings. The molecule has 1 aromatic heterocycles. The van der Waals surface area contributed by atoms with Gasteiger partial charge in [-0.2, -0.15) is 0 Å². The molecule has 100 valence electrons. The zero-order valence-corrected chi connectivity index (χ0v) is 10.2. The number of hydrogen-bond donors (Lipinski definition) is 3. The van der Waals surface area contributed by atoms with Gasteiger partial charge in [-0.1, -0.05) is 18.6 Å². The average molecular weight is 255 g/mol. The Labute approximate surface area is 104 Å². The van der Waals surface area contributed by atoms with Crippen LogP contribution in [0.1, 0.15) is 25.5 Å². The molecular weight excluding hydrogens is 238 g/mol. The maximum absolute atomic E-state index is 11.4. The van der Waals surface area contributed by atoms with E-state index in [0.29, 0.717) is 12.2 Å². The lowest BCUT2D eigenvalue weighted by atomic mass is 10.3. The minimum Gasteiger partial charge on any atom is -0.390 e. The Balaban J connectivity index is 2.30. The van der Waals surface area contributed by atoms with Gasteiger partial charge in [-0.05, 0) is 6.42 Å². The van der Waals surface area contributed by atoms with Gasteiger partial charge in [0.1, 0.15) is 12.2 Å². The SMILES string of the molecule is CCCCNC(=O)NC(=O)Cn1cc(CO)nn1. The third-order valence-corrected chi connectivity index (χ3v) is 2.12. The molecule has 8 nitrogen and oxygen atoms in total. The Morgan fingerprint density at radius 2 is 2.28 bits per heavy atom. The number of nitrogens with zero attached hydrogens (tertiary/aromatic N) is 3. The van der Waals surface area contributed by atoms with E-state index in [4.69, 9.17) is 5.11 Å². The van der Waals surface area contributed by atoms with Crippen molar-refractivity contribution in [1.29, 1.82) is 0 Å². The molecule has 0 aromatic carbocycles. The highest BCUT2D eigenvalue weighted by Gasteiger charge is 2.09. The molecule has 0 aliphatic carbocycles. The number of aromatic nitrogens is 3. The van der Waals surface area contributed by atoms with Crippen LogP contribution in [0.5, 0.6) is 0 Å². The molecule has 0 spiro atoms. The van der Waals surface area contributed by atoms with Crippen LogP contribution in [-0.4, -0.2) is 38.6 Å². The summed E-state index contributed by atoms with van der Waals surface area (Å²) in [5, 5.41) is 20.7. The van der Waals surface area contributed by atoms with Crippen molar-refractivity contribution in [2.75, 3.05) is 6.54 Å². The molecule has 1 heterocycles. The minimum atomic E-state index is -0.518. The average Bonchev–Trinajstić information content (AvgIpc) is 2.76. The van der Waals surface area contributed by atoms with Crippen LogP contribution in [0.25, 0.3) is 0 Å². The van der Waals surface area contributed by atoms with Gasteiger partial charge in [0.15, 0.2) is 0 Å². The monoisotopic (exact) mass is 255 g/mol. The normalized spacial score (nSPS) is 10.1. The summed E-state index contributed by atoms with van der Waals surface area (Å²) >= 11 is 0. The quantitative estimate of drug-likeness (QED) is 0.588. The highest BCUT2D eigenvalue weighted by molar-refractivity contribution is 5.94. The highest BCUT2D eigenvalue weighted by atomic mass is 16.3. The number of nitrogens with one attached hydrogen (secondary N) is 2. The van der Waals surface area contributed by atoms with Crippen LogP contribution >= 0.6 is 0 Å². The van der Waals surface area contributed by atoms with Crippen molar-refractivity contribution in [3.63, 3.8) is 0 Å². The van der Waals surface area contributed by atoms with Crippen molar-refractivity contribution in [1.82, 2.24) is 25.6 Å². The molecule has 0 saturated carbocycles. The molecule has 1 rings (SSSR count). The Hall–Kier alpha value is -1.96. The van der Waals surface area contributed by atoms with E-state index >= 15 is 0 Å². The third kappa shape index (κ3) is 4.91. The molecule has 3 amide bonds. The fourth-order valence-electron chi connectivity index (χ4n) is 1.22. The molecule has 0 aliphatic heterocycles. The Kier molecular flexibility index (Phi) is 5.78. The summed E-state index contributed by atoms with van der Waals surface area (Å²) in [6, 6.07) is -0.518. The van der Waals surface area contributed by atoms with E-state index in [1.165, 1.54) is 10.9 Å². The second kappa shape index (κ2) is 7.38. The summed E-state index contributed by atoms with van der Waals surface area (Å²) in [5.74, 6) is -0.488. The van der Waals surface area contributed by atoms with Crippen LogP contribution in [0, 0.1) is 0 Å². The van der Waals surface area contributed by atoms with Crippen molar-refractivity contribution in [2.24, 2.45) is 0 Å². The van der Waals surface area contributed by atoms with Gasteiger partial charge in [-0.25, -0.2) is 9.48 Å². The van der Waals surface area contributed by atoms with Crippen LogP contribution in [0.4, 0.5) is 4.79 Å². The number of amides is 3. The van der Waals surface area contributed by atoms with Gasteiger partial charge < -0.3 is 10.4 Å². The molecule has 0 radical (unpaired) electrons. The van der Waals surface area contributed by atoms with Crippen LogP contribution in [0.3, 0.4) is 0 Å². The number of urea groups is 1. The molecule has 1 aromatic rings. The molecule has 0 atom stereocenters. The van der Waals surface area contributed by atoms with Crippen molar-refractivity contribution < 1.29 is 14.7 Å². The zero-order chi connectivity index (χ0) is 13.4. The third-order valence-electron chi connectivity index (χ3n) is 2.12. The first-order valence-corrected chi connectivity index (χ1v) is 5.73. The molecule has 18 heavy (non-hydrogen) atoms. The molecule has 0 bridgehead atoms. The number of hydrogen-bond acceptors (Lipinski definition) is 5. The fourth-order valence-corrected chi connectivity index (χ4v) is 1.22. The number of imide groups is 1. The number of carbonyl (C=O) groups is 2. The summed E-state index contributed by atoms with van der Waals surface area (Å²) in [6.07, 6.45) is 3.27. The minimum absolute atomic E-state index is 0.117. The molecule has 0 saturated heterocycles. The maximum Gasteiger partial charge on any atom is 0.321 e. The van der Waals surface area contributed by atoms with E-state index in [-0.39, 0.29) is 13.2 Å². The number of unbranched alkanes of at least 4 members (excludes halogenated alkanes) is 1. The molecule has 3 N–H and O–H groups in total. The lowest BCUT2D eigenvalue weighted by molar-refractivity contribution is -0.120. The van der Waals surface area contributed by atoms with E-state index in [9.17, 15) is 9.59 Å². The van der Waals surface area contributed by atoms with Crippen molar-refractivity contribution in [3.05, 3.63) is 11.9 Å². The predicted molar refractivity (Wildman–Crippen MR) is 62.4 cm³/mol. The Bertz CT molecular complexity index is 404. The molecule has 0 unspecified atom stereocenters. The first-order valence-electron chi connectivity index (χ1n) is 5.73. The van der Waals surface area contributed by atoms with E-state index in [1.807, 2.05) is 6.92 Å². The largest absolute Gasteiger partial charge is 0.390 e. The second-order valence-electron chi connectivity index (χ2n) is 3.72. The predicted octanol–water partition coefficient (Wildman–Crippen LogP) is -0.604. The van der Waals surface area contributed by atoms with Crippen molar-refractivity contribution in [2.45, 2.75) is 32.9 Å². The summed E-state index contributed by atoms with van der Waals surface area (Å²) in [6.45, 7) is 2.19. The molecule has 0 fully saturated rings. The standard InChI is InChI=1S/C10H17N5O3/c1-2-3-4-11-10(18)12-9(17)6-15-5-8(7-16)13-14-15/h5,16H,2-4,6-7H2,1H3,(H2,11,12,17,18). The van der Waals surface area contributed by atoms with Crippen molar-refractivity contribution >= 4 is 11.9 Å². The van der Waals surface area contributed by atoms with Gasteiger partial charge in [0.05, 0.1) is 12.8 Å². The van der Waals surface area contributed by atoms with Gasteiger partial charge in [-0.15, -0.1) is 5.10 Å². The van der Waals surface area contributed by atoms with Gasteiger partial charge in [-0.3, -0.25) is 10.1 Å². The summed E-state index contributed by atoms with van der Waals surface area (Å²) < 4.78 is 1.25. The Morgan fingerprint density at radius 1 is 1.50 bits per heavy atom.